The minimum absolute atomic E-state index is 0.0264. The van der Waals surface area contributed by atoms with Gasteiger partial charge in [0, 0.05) is 0 Å². The monoisotopic (exact) mass is 465 g/mol. The Bertz CT molecular complexity index is 452. The zero-order valence-electron chi connectivity index (χ0n) is 11.3. The van der Waals surface area contributed by atoms with Crippen LogP contribution in [0.15, 0.2) is 0 Å². The first-order valence-corrected chi connectivity index (χ1v) is 12.5. The van der Waals surface area contributed by atoms with Crippen molar-refractivity contribution in [2.24, 2.45) is 5.73 Å². The van der Waals surface area contributed by atoms with Crippen LogP contribution in [0.25, 0.3) is 0 Å². The number of nitrogens with two attached hydrogens (primary N) is 1. The number of hydrogen-bond donors (Lipinski definition) is 4. The molecule has 1 aliphatic heterocycles. The van der Waals surface area contributed by atoms with E-state index in [-0.39, 0.29) is 25.1 Å². The average Bonchev–Trinajstić information content (AvgIpc) is 2.51. The van der Waals surface area contributed by atoms with E-state index >= 15 is 0 Å². The van der Waals surface area contributed by atoms with Gasteiger partial charge >= 0.3 is 144 Å². The number of rotatable bonds is 1. The van der Waals surface area contributed by atoms with Gasteiger partial charge < -0.3 is 0 Å². The van der Waals surface area contributed by atoms with Gasteiger partial charge in [0.15, 0.2) is 0 Å². The zero-order valence-corrected chi connectivity index (χ0v) is 15.6. The van der Waals surface area contributed by atoms with Crippen molar-refractivity contribution in [1.29, 1.82) is 0 Å². The fourth-order valence-corrected chi connectivity index (χ4v) is 4.56. The Morgan fingerprint density at radius 3 is 2.59 bits per heavy atom. The van der Waals surface area contributed by atoms with Crippen LogP contribution < -0.4 is 16.4 Å². The van der Waals surface area contributed by atoms with Gasteiger partial charge in [0.2, 0.25) is 0 Å². The van der Waals surface area contributed by atoms with Crippen molar-refractivity contribution < 1.29 is 26.8 Å². The number of carbonyl (C=O) groups excluding carboxylic acids is 4. The van der Waals surface area contributed by atoms with E-state index in [0.29, 0.717) is 0 Å². The summed E-state index contributed by atoms with van der Waals surface area (Å²) in [5.41, 5.74) is 5.60. The minimum atomic E-state index is -0.937. The van der Waals surface area contributed by atoms with E-state index in [1.807, 2.05) is 0 Å². The van der Waals surface area contributed by atoms with Crippen LogP contribution in [0.3, 0.4) is 0 Å². The van der Waals surface area contributed by atoms with E-state index in [4.69, 9.17) is 13.4 Å². The van der Waals surface area contributed by atoms with Gasteiger partial charge in [-0.1, -0.05) is 0 Å². The van der Waals surface area contributed by atoms with Gasteiger partial charge in [-0.2, -0.15) is 0 Å². The fraction of sp³-hybridized carbons (Fsp3) is 0.600. The molecular weight excluding hydrogens is 448 g/mol. The van der Waals surface area contributed by atoms with Crippen LogP contribution >= 0.6 is 12.6 Å². The number of nitrogens with one attached hydrogen (secondary N) is 2. The van der Waals surface area contributed by atoms with Crippen LogP contribution in [-0.2, 0) is 26.8 Å². The summed E-state index contributed by atoms with van der Waals surface area (Å²) in [5, 5.41) is 4.81. The van der Waals surface area contributed by atoms with Crippen molar-refractivity contribution in [3.63, 3.8) is 0 Å². The zero-order chi connectivity index (χ0) is 16.5. The molecule has 0 spiro atoms. The molecule has 1 rings (SSSR count). The topological polar surface area (TPSA) is 137 Å². The molecule has 4 N–H and O–H groups in total. The van der Waals surface area contributed by atoms with Crippen LogP contribution in [-0.4, -0.2) is 75.1 Å². The fourth-order valence-electron chi connectivity index (χ4n) is 1.34. The summed E-state index contributed by atoms with van der Waals surface area (Å²) < 4.78 is 9.75. The molecule has 1 fully saturated rings. The molecule has 22 heavy (non-hydrogen) atoms. The molecule has 0 aliphatic carbocycles. The molecule has 0 bridgehead atoms. The van der Waals surface area contributed by atoms with Crippen LogP contribution in [0.1, 0.15) is 12.8 Å². The van der Waals surface area contributed by atoms with E-state index < -0.39 is 62.8 Å². The second-order valence-electron chi connectivity index (χ2n) is 4.16. The van der Waals surface area contributed by atoms with Gasteiger partial charge in [0.05, 0.1) is 0 Å². The molecule has 12 heteroatoms. The summed E-state index contributed by atoms with van der Waals surface area (Å²) in [7, 11) is 0. The predicted octanol–water partition coefficient (Wildman–Crippen LogP) is -3.12. The third-order valence-corrected chi connectivity index (χ3v) is 6.09. The summed E-state index contributed by atoms with van der Waals surface area (Å²) >= 11 is 2.70. The average molecular weight is 463 g/mol. The Morgan fingerprint density at radius 2 is 1.91 bits per heavy atom. The Balaban J connectivity index is 2.70. The van der Waals surface area contributed by atoms with Gasteiger partial charge in [-0.05, 0) is 0 Å². The predicted molar refractivity (Wildman–Crippen MR) is 79.7 cm³/mol. The molecule has 1 saturated heterocycles. The molecule has 0 saturated carbocycles. The Hall–Kier alpha value is -0.771. The molecule has 1 heterocycles. The maximum atomic E-state index is 11.8. The van der Waals surface area contributed by atoms with Crippen molar-refractivity contribution >= 4 is 63.3 Å². The summed E-state index contributed by atoms with van der Waals surface area (Å²) in [6.07, 6.45) is 0.0653. The number of thiol groups is 1. The second-order valence-corrected chi connectivity index (χ2v) is 8.76. The second kappa shape index (κ2) is 10.1. The van der Waals surface area contributed by atoms with E-state index in [0.717, 1.165) is 0 Å². The summed E-state index contributed by atoms with van der Waals surface area (Å²) in [6.45, 7) is -0.329. The van der Waals surface area contributed by atoms with Crippen molar-refractivity contribution in [2.45, 2.75) is 24.9 Å². The quantitative estimate of drug-likeness (QED) is 0.239. The summed E-state index contributed by atoms with van der Waals surface area (Å²) in [6, 6.07) is -1.82. The van der Waals surface area contributed by atoms with Crippen LogP contribution in [0, 0.1) is 0 Å². The molecular formula is C10H15N3O6SSe2. The molecule has 0 aromatic rings. The number of carbonyl (C=O) groups is 4. The van der Waals surface area contributed by atoms with Gasteiger partial charge in [0.25, 0.3) is 0 Å². The molecule has 1 aliphatic rings. The molecule has 0 aromatic heterocycles. The van der Waals surface area contributed by atoms with Crippen molar-refractivity contribution in [3.8, 4) is 0 Å². The van der Waals surface area contributed by atoms with Gasteiger partial charge in [0.1, 0.15) is 0 Å². The summed E-state index contributed by atoms with van der Waals surface area (Å²) in [5.74, 6) is -2.20. The molecule has 2 unspecified atom stereocenters. The molecule has 2 amide bonds. The Kier molecular flexibility index (Phi) is 8.84. The first-order valence-electron chi connectivity index (χ1n) is 6.12. The van der Waals surface area contributed by atoms with Crippen molar-refractivity contribution in [3.05, 3.63) is 0 Å². The van der Waals surface area contributed by atoms with E-state index in [2.05, 4.69) is 23.3 Å². The van der Waals surface area contributed by atoms with Gasteiger partial charge in [-0.25, -0.2) is 0 Å². The van der Waals surface area contributed by atoms with Crippen LogP contribution in [0.2, 0.25) is 0 Å². The molecule has 0 aromatic carbocycles. The number of amides is 2. The molecule has 2 atom stereocenters. The SMILES string of the molecule is NC1CCC(=O)NC(CS)C(=O)NCC(=O)O[Se][Se]OC1=O. The van der Waals surface area contributed by atoms with Gasteiger partial charge in [-0.15, -0.1) is 0 Å². The molecule has 9 nitrogen and oxygen atoms in total. The Labute approximate surface area is 143 Å². The Morgan fingerprint density at radius 1 is 1.23 bits per heavy atom. The third-order valence-electron chi connectivity index (χ3n) is 2.50. The van der Waals surface area contributed by atoms with Crippen LogP contribution in [0.5, 0.6) is 0 Å². The van der Waals surface area contributed by atoms with Gasteiger partial charge in [-0.3, -0.25) is 0 Å². The van der Waals surface area contributed by atoms with Crippen LogP contribution in [0.4, 0.5) is 0 Å². The number of hydrogen-bond acceptors (Lipinski definition) is 8. The first kappa shape index (κ1) is 19.3. The third kappa shape index (κ3) is 6.99. The van der Waals surface area contributed by atoms with E-state index in [1.165, 1.54) is 0 Å². The van der Waals surface area contributed by atoms with Crippen molar-refractivity contribution in [1.82, 2.24) is 10.6 Å². The van der Waals surface area contributed by atoms with E-state index in [1.54, 1.807) is 0 Å². The summed E-state index contributed by atoms with van der Waals surface area (Å²) in [4.78, 5) is 46.5. The van der Waals surface area contributed by atoms with E-state index in [9.17, 15) is 19.2 Å². The van der Waals surface area contributed by atoms with Crippen molar-refractivity contribution in [2.75, 3.05) is 12.3 Å². The normalized spacial score (nSPS) is 25.9. The molecule has 124 valence electrons. The maximum absolute atomic E-state index is 11.8. The first-order chi connectivity index (χ1) is 10.4. The standard InChI is InChI=1S/C10H15N3O6SSe2/c11-5-1-2-7(14)13-6(4-20)9(16)12-3-8(15)18-21-22-19-10(5)17/h5-6,20H,1-4,11H2,(H,12,16)(H,13,14). The molecule has 0 radical (unpaired) electrons.